The first kappa shape index (κ1) is 38.5. The van der Waals surface area contributed by atoms with Crippen molar-refractivity contribution in [1.82, 2.24) is 0 Å². The van der Waals surface area contributed by atoms with Crippen LogP contribution in [0.25, 0.3) is 0 Å². The van der Waals surface area contributed by atoms with E-state index < -0.39 is 8.60 Å². The van der Waals surface area contributed by atoms with Crippen LogP contribution in [0.4, 0.5) is 0 Å². The second-order valence-corrected chi connectivity index (χ2v) is 14.7. The molecule has 9 heteroatoms. The van der Waals surface area contributed by atoms with Crippen LogP contribution in [0.2, 0.25) is 0 Å². The summed E-state index contributed by atoms with van der Waals surface area (Å²) in [5, 5.41) is 9.48. The molecule has 0 heterocycles. The number of esters is 2. The minimum Gasteiger partial charge on any atom is -0.465 e. The zero-order chi connectivity index (χ0) is 33.5. The number of hydrogen-bond donors (Lipinski definition) is 1. The predicted octanol–water partition coefficient (Wildman–Crippen LogP) is 9.74. The third-order valence-corrected chi connectivity index (χ3v) is 8.65. The molecule has 2 rings (SSSR count). The van der Waals surface area contributed by atoms with E-state index in [1.165, 1.54) is 0 Å². The summed E-state index contributed by atoms with van der Waals surface area (Å²) in [5.74, 6) is -0.0139. The second kappa shape index (κ2) is 19.1. The van der Waals surface area contributed by atoms with Gasteiger partial charge in [-0.15, -0.1) is 4.67 Å². The molecule has 2 atom stereocenters. The lowest BCUT2D eigenvalue weighted by atomic mass is 9.77. The van der Waals surface area contributed by atoms with Crippen molar-refractivity contribution >= 4 is 20.5 Å². The van der Waals surface area contributed by atoms with Crippen LogP contribution < -0.4 is 9.05 Å². The van der Waals surface area contributed by atoms with E-state index in [0.29, 0.717) is 37.6 Å². The first-order valence-electron chi connectivity index (χ1n) is 16.3. The fourth-order valence-corrected chi connectivity index (χ4v) is 5.50. The second-order valence-electron chi connectivity index (χ2n) is 13.8. The Bertz CT molecular complexity index is 1050. The summed E-state index contributed by atoms with van der Waals surface area (Å²) in [6.45, 7) is 17.4. The molecule has 0 bridgehead atoms. The summed E-state index contributed by atoms with van der Waals surface area (Å²) in [7, 11) is -2.13. The van der Waals surface area contributed by atoms with E-state index >= 15 is 0 Å². The van der Waals surface area contributed by atoms with Gasteiger partial charge in [0.05, 0.1) is 25.0 Å². The molecule has 2 aromatic carbocycles. The highest BCUT2D eigenvalue weighted by molar-refractivity contribution is 7.42. The van der Waals surface area contributed by atoms with Crippen molar-refractivity contribution in [2.45, 2.75) is 107 Å². The fraction of sp³-hybridized carbons (Fsp3) is 0.611. The smallest absolute Gasteiger partial charge is 0.465 e. The van der Waals surface area contributed by atoms with E-state index in [0.717, 1.165) is 49.7 Å². The lowest BCUT2D eigenvalue weighted by molar-refractivity contribution is -0.153. The topological polar surface area (TPSA) is 101 Å². The summed E-state index contributed by atoms with van der Waals surface area (Å²) in [5.41, 5.74) is 1.42. The van der Waals surface area contributed by atoms with Crippen LogP contribution >= 0.6 is 8.60 Å². The molecule has 252 valence electrons. The van der Waals surface area contributed by atoms with Gasteiger partial charge in [0.25, 0.3) is 0 Å². The van der Waals surface area contributed by atoms with Crippen molar-refractivity contribution in [3.8, 4) is 11.5 Å². The maximum Gasteiger partial charge on any atom is 0.492 e. The van der Waals surface area contributed by atoms with Crippen molar-refractivity contribution in [1.29, 1.82) is 0 Å². The van der Waals surface area contributed by atoms with Gasteiger partial charge in [-0.1, -0.05) is 105 Å². The molecule has 0 saturated carbocycles. The molecule has 0 amide bonds. The van der Waals surface area contributed by atoms with Gasteiger partial charge in [-0.3, -0.25) is 9.59 Å². The highest BCUT2D eigenvalue weighted by atomic mass is 31.2. The first-order chi connectivity index (χ1) is 21.3. The number of benzene rings is 2. The molecule has 1 N–H and O–H groups in total. The maximum absolute atomic E-state index is 12.9. The van der Waals surface area contributed by atoms with Crippen molar-refractivity contribution in [3.63, 3.8) is 0 Å². The predicted molar refractivity (Wildman–Crippen MR) is 179 cm³/mol. The van der Waals surface area contributed by atoms with Crippen LogP contribution in [0.15, 0.2) is 48.5 Å². The number of carbonyl (C=O) groups is 2. The zero-order valence-corrected chi connectivity index (χ0v) is 29.5. The summed E-state index contributed by atoms with van der Waals surface area (Å²) in [6.07, 6.45) is 7.06. The van der Waals surface area contributed by atoms with E-state index in [9.17, 15) is 14.8 Å². The number of carbonyl (C=O) groups excluding carboxylic acids is 2. The van der Waals surface area contributed by atoms with Crippen molar-refractivity contribution < 1.29 is 38.0 Å². The average molecular weight is 647 g/mol. The van der Waals surface area contributed by atoms with Crippen LogP contribution in [0.5, 0.6) is 11.5 Å². The number of ether oxygens (including phenoxy) is 2. The van der Waals surface area contributed by atoms with Gasteiger partial charge in [0.2, 0.25) is 0 Å². The van der Waals surface area contributed by atoms with Crippen molar-refractivity contribution in [2.24, 2.45) is 22.7 Å². The Hall–Kier alpha value is -2.67. The van der Waals surface area contributed by atoms with Gasteiger partial charge in [-0.2, -0.15) is 0 Å². The lowest BCUT2D eigenvalue weighted by Crippen LogP contribution is -2.32. The molecule has 0 aliphatic carbocycles. The monoisotopic (exact) mass is 646 g/mol. The summed E-state index contributed by atoms with van der Waals surface area (Å²) in [4.78, 5) is 25.7. The molecule has 0 aliphatic rings. The molecule has 0 radical (unpaired) electrons. The van der Waals surface area contributed by atoms with E-state index in [1.807, 2.05) is 65.8 Å². The van der Waals surface area contributed by atoms with Gasteiger partial charge < -0.3 is 18.5 Å². The molecule has 45 heavy (non-hydrogen) atoms. The van der Waals surface area contributed by atoms with Crippen LogP contribution in [-0.4, -0.2) is 30.4 Å². The van der Waals surface area contributed by atoms with Gasteiger partial charge in [0.15, 0.2) is 0 Å². The molecule has 0 saturated heterocycles. The Morgan fingerprint density at radius 2 is 1.00 bits per heavy atom. The van der Waals surface area contributed by atoms with E-state index in [1.54, 1.807) is 24.3 Å². The lowest BCUT2D eigenvalue weighted by Gasteiger charge is -2.29. The Morgan fingerprint density at radius 3 is 1.29 bits per heavy atom. The molecule has 0 fully saturated rings. The molecular formula is C36H55O8P. The molecular weight excluding hydrogens is 591 g/mol. The normalized spacial score (nSPS) is 13.9. The Kier molecular flexibility index (Phi) is 16.3. The van der Waals surface area contributed by atoms with Crippen LogP contribution in [-0.2, 0) is 36.6 Å². The van der Waals surface area contributed by atoms with E-state index in [4.69, 9.17) is 18.5 Å². The Morgan fingerprint density at radius 1 is 0.644 bits per heavy atom. The maximum atomic E-state index is 12.9. The molecule has 8 nitrogen and oxygen atoms in total. The third kappa shape index (κ3) is 14.1. The number of unbranched alkanes of at least 4 members (excludes halogenated alkanes) is 4. The summed E-state index contributed by atoms with van der Waals surface area (Å²) < 4.78 is 27.2. The van der Waals surface area contributed by atoms with Crippen LogP contribution in [0.1, 0.15) is 105 Å². The number of rotatable bonds is 19. The summed E-state index contributed by atoms with van der Waals surface area (Å²) in [6, 6.07) is 14.6. The molecule has 0 aliphatic heterocycles. The van der Waals surface area contributed by atoms with Crippen LogP contribution in [0, 0.1) is 22.7 Å². The van der Waals surface area contributed by atoms with Crippen LogP contribution in [0.3, 0.4) is 0 Å². The summed E-state index contributed by atoms with van der Waals surface area (Å²) >= 11 is 0. The minimum absolute atomic E-state index is 0.174. The van der Waals surface area contributed by atoms with Crippen molar-refractivity contribution in [2.75, 3.05) is 13.2 Å². The molecule has 0 spiro atoms. The van der Waals surface area contributed by atoms with Gasteiger partial charge in [0, 0.05) is 0 Å². The van der Waals surface area contributed by atoms with Gasteiger partial charge in [0.1, 0.15) is 11.5 Å². The Balaban J connectivity index is 1.98. The minimum atomic E-state index is -2.13. The quantitative estimate of drug-likeness (QED) is 0.0529. The average Bonchev–Trinajstić information content (AvgIpc) is 2.98. The first-order valence-corrected chi connectivity index (χ1v) is 17.4. The highest BCUT2D eigenvalue weighted by Crippen LogP contribution is 2.41. The largest absolute Gasteiger partial charge is 0.492 e. The third-order valence-electron chi connectivity index (χ3n) is 7.80. The molecule has 2 aromatic rings. The van der Waals surface area contributed by atoms with Crippen molar-refractivity contribution in [3.05, 3.63) is 59.7 Å². The SMILES string of the molecule is CCCCCOC(=O)C(Cc1ccc(OP(OO)Oc2ccc(CC(C(=O)OCCCCC)C(C)(C)C)cc2)cc1)C(C)(C)C. The fourth-order valence-electron chi connectivity index (χ4n) is 4.81. The highest BCUT2D eigenvalue weighted by Gasteiger charge is 2.34. The Labute approximate surface area is 272 Å². The number of hydrogen-bond acceptors (Lipinski definition) is 8. The molecule has 2 unspecified atom stereocenters. The van der Waals surface area contributed by atoms with Gasteiger partial charge in [-0.05, 0) is 71.9 Å². The van der Waals surface area contributed by atoms with Gasteiger partial charge in [-0.25, -0.2) is 5.26 Å². The van der Waals surface area contributed by atoms with Gasteiger partial charge >= 0.3 is 20.5 Å². The zero-order valence-electron chi connectivity index (χ0n) is 28.6. The van der Waals surface area contributed by atoms with E-state index in [-0.39, 0.29) is 34.6 Å². The molecule has 0 aromatic heterocycles. The van der Waals surface area contributed by atoms with E-state index in [2.05, 4.69) is 18.5 Å². The standard InChI is InChI=1S/C36H55O8P/c1-9-11-13-23-40-33(37)31(35(3,4)5)25-27-15-19-29(20-16-27)42-45(44-39)43-30-21-17-28(18-22-30)26-32(36(6,7)8)34(38)41-24-14-12-10-2/h15-22,31-32,39H,9-14,23-26H2,1-8H3.